The third-order valence-electron chi connectivity index (χ3n) is 5.50. The number of hydrogen-bond donors (Lipinski definition) is 2. The molecule has 2 saturated heterocycles. The molecule has 4 heterocycles. The van der Waals surface area contributed by atoms with Crippen LogP contribution in [0.15, 0.2) is 39.4 Å². The molecule has 4 aliphatic heterocycles. The third-order valence-corrected chi connectivity index (χ3v) is 5.50. The number of nitrogens with zero attached hydrogens (tertiary/aromatic N) is 6. The minimum absolute atomic E-state index is 0.352. The molecular formula is C20H25N7O5. The summed E-state index contributed by atoms with van der Waals surface area (Å²) >= 11 is 0. The van der Waals surface area contributed by atoms with E-state index in [-0.39, 0.29) is 6.17 Å². The molecule has 32 heavy (non-hydrogen) atoms. The maximum Gasteiger partial charge on any atom is 0.341 e. The second kappa shape index (κ2) is 9.01. The Kier molecular flexibility index (Phi) is 5.77. The monoisotopic (exact) mass is 443 g/mol. The molecule has 0 radical (unpaired) electrons. The summed E-state index contributed by atoms with van der Waals surface area (Å²) in [6.07, 6.45) is -0.352. The van der Waals surface area contributed by atoms with E-state index < -0.39 is 12.6 Å². The maximum atomic E-state index is 10.9. The molecule has 1 unspecified atom stereocenters. The van der Waals surface area contributed by atoms with Crippen LogP contribution < -0.4 is 10.2 Å². The fourth-order valence-corrected chi connectivity index (χ4v) is 3.92. The molecule has 0 saturated carbocycles. The molecule has 5 rings (SSSR count). The lowest BCUT2D eigenvalue weighted by Crippen LogP contribution is -2.54. The molecule has 0 aliphatic carbocycles. The second-order valence-electron chi connectivity index (χ2n) is 7.59. The quantitative estimate of drug-likeness (QED) is 0.646. The number of hydrogen-bond acceptors (Lipinski definition) is 11. The normalized spacial score (nSPS) is 23.1. The predicted molar refractivity (Wildman–Crippen MR) is 114 cm³/mol. The van der Waals surface area contributed by atoms with E-state index in [0.29, 0.717) is 57.2 Å². The number of carbonyl (C=O) groups is 1. The van der Waals surface area contributed by atoms with Crippen molar-refractivity contribution in [2.75, 3.05) is 59.2 Å². The number of carboxylic acids is 1. The van der Waals surface area contributed by atoms with Crippen molar-refractivity contribution < 1.29 is 24.1 Å². The Morgan fingerprint density at radius 2 is 1.78 bits per heavy atom. The van der Waals surface area contributed by atoms with Crippen molar-refractivity contribution in [2.45, 2.75) is 6.17 Å². The number of guanidine groups is 3. The molecule has 1 aromatic rings. The van der Waals surface area contributed by atoms with Gasteiger partial charge in [0.2, 0.25) is 11.9 Å². The van der Waals surface area contributed by atoms with Crippen LogP contribution in [0.3, 0.4) is 0 Å². The molecule has 12 nitrogen and oxygen atoms in total. The molecule has 2 N–H and O–H groups in total. The molecular weight excluding hydrogens is 418 g/mol. The average molecular weight is 443 g/mol. The lowest BCUT2D eigenvalue weighted by molar-refractivity contribution is -0.139. The SMILES string of the molecule is O=C(O)COc1cccc(C2NN=C3N=C(N4CCOCC4)N=C(N4CCOCC4)N32)c1. The Bertz CT molecular complexity index is 953. The van der Waals surface area contributed by atoms with E-state index >= 15 is 0 Å². The summed E-state index contributed by atoms with van der Waals surface area (Å²) in [5.74, 6) is 1.37. The highest BCUT2D eigenvalue weighted by Gasteiger charge is 2.39. The zero-order chi connectivity index (χ0) is 21.9. The number of carboxylic acid groups (broad SMARTS) is 1. The standard InChI is InChI=1S/C20H25N7O5/c28-16(29)13-32-15-3-1-2-14(12-15)17-23-24-19-21-18(25-4-8-30-9-5-25)22-20(27(17)19)26-6-10-31-11-7-26/h1-3,12,17,23H,4-11,13H2,(H,28,29). The molecule has 0 aromatic heterocycles. The number of aliphatic imine (C=N–C) groups is 2. The molecule has 0 amide bonds. The maximum absolute atomic E-state index is 10.9. The van der Waals surface area contributed by atoms with Crippen LogP contribution in [-0.2, 0) is 14.3 Å². The highest BCUT2D eigenvalue weighted by atomic mass is 16.5. The summed E-state index contributed by atoms with van der Waals surface area (Å²) in [6.45, 7) is 5.02. The highest BCUT2D eigenvalue weighted by Crippen LogP contribution is 2.29. The van der Waals surface area contributed by atoms with Crippen LogP contribution in [0.25, 0.3) is 0 Å². The van der Waals surface area contributed by atoms with Crippen molar-refractivity contribution in [2.24, 2.45) is 15.1 Å². The third kappa shape index (κ3) is 4.18. The van der Waals surface area contributed by atoms with Gasteiger partial charge in [-0.05, 0) is 12.1 Å². The number of hydrazone groups is 1. The summed E-state index contributed by atoms with van der Waals surface area (Å²) in [5, 5.41) is 13.4. The van der Waals surface area contributed by atoms with Gasteiger partial charge < -0.3 is 29.1 Å². The van der Waals surface area contributed by atoms with Gasteiger partial charge in [-0.1, -0.05) is 12.1 Å². The van der Waals surface area contributed by atoms with Crippen molar-refractivity contribution >= 4 is 23.8 Å². The van der Waals surface area contributed by atoms with E-state index in [0.717, 1.165) is 24.6 Å². The lowest BCUT2D eigenvalue weighted by atomic mass is 10.1. The number of morpholine rings is 2. The zero-order valence-corrected chi connectivity index (χ0v) is 17.5. The van der Waals surface area contributed by atoms with E-state index in [2.05, 4.69) is 20.3 Å². The first-order valence-corrected chi connectivity index (χ1v) is 10.6. The molecule has 12 heteroatoms. The Labute approximate surface area is 184 Å². The molecule has 0 spiro atoms. The minimum Gasteiger partial charge on any atom is -0.482 e. The van der Waals surface area contributed by atoms with Gasteiger partial charge in [-0.25, -0.2) is 4.79 Å². The Morgan fingerprint density at radius 1 is 1.06 bits per heavy atom. The first-order valence-electron chi connectivity index (χ1n) is 10.6. The number of aliphatic carboxylic acids is 1. The first-order chi connectivity index (χ1) is 15.7. The smallest absolute Gasteiger partial charge is 0.341 e. The van der Waals surface area contributed by atoms with Gasteiger partial charge in [0, 0.05) is 31.7 Å². The van der Waals surface area contributed by atoms with Crippen LogP contribution >= 0.6 is 0 Å². The Hall–Kier alpha value is -3.38. The fourth-order valence-electron chi connectivity index (χ4n) is 3.92. The summed E-state index contributed by atoms with van der Waals surface area (Å²) in [5.41, 5.74) is 4.01. The molecule has 2 fully saturated rings. The van der Waals surface area contributed by atoms with E-state index in [9.17, 15) is 4.79 Å². The zero-order valence-electron chi connectivity index (χ0n) is 17.5. The van der Waals surface area contributed by atoms with E-state index in [4.69, 9.17) is 29.3 Å². The topological polar surface area (TPSA) is 124 Å². The molecule has 4 aliphatic rings. The van der Waals surface area contributed by atoms with Gasteiger partial charge in [-0.15, -0.1) is 5.10 Å². The number of benzene rings is 1. The van der Waals surface area contributed by atoms with Crippen LogP contribution in [-0.4, -0.2) is 103 Å². The van der Waals surface area contributed by atoms with Gasteiger partial charge >= 0.3 is 5.97 Å². The van der Waals surface area contributed by atoms with Crippen LogP contribution in [0.2, 0.25) is 0 Å². The van der Waals surface area contributed by atoms with Gasteiger partial charge in [0.05, 0.1) is 26.4 Å². The summed E-state index contributed by atoms with van der Waals surface area (Å²) in [6, 6.07) is 7.29. The Balaban J connectivity index is 1.44. The van der Waals surface area contributed by atoms with E-state index in [1.807, 2.05) is 17.0 Å². The van der Waals surface area contributed by atoms with Crippen LogP contribution in [0.4, 0.5) is 0 Å². The van der Waals surface area contributed by atoms with Gasteiger partial charge in [-0.2, -0.15) is 9.98 Å². The number of ether oxygens (including phenoxy) is 3. The average Bonchev–Trinajstić information content (AvgIpc) is 3.28. The minimum atomic E-state index is -1.03. The van der Waals surface area contributed by atoms with E-state index in [1.54, 1.807) is 12.1 Å². The van der Waals surface area contributed by atoms with Crippen molar-refractivity contribution in [3.8, 4) is 5.75 Å². The van der Waals surface area contributed by atoms with Gasteiger partial charge in [0.25, 0.3) is 5.96 Å². The summed E-state index contributed by atoms with van der Waals surface area (Å²) < 4.78 is 16.4. The van der Waals surface area contributed by atoms with Crippen molar-refractivity contribution in [3.63, 3.8) is 0 Å². The molecule has 0 bridgehead atoms. The first kappa shape index (κ1) is 20.5. The lowest BCUT2D eigenvalue weighted by Gasteiger charge is -2.39. The van der Waals surface area contributed by atoms with Gasteiger partial charge in [-0.3, -0.25) is 10.3 Å². The largest absolute Gasteiger partial charge is 0.482 e. The highest BCUT2D eigenvalue weighted by molar-refractivity contribution is 6.12. The van der Waals surface area contributed by atoms with Crippen LogP contribution in [0.5, 0.6) is 5.75 Å². The predicted octanol–water partition coefficient (Wildman–Crippen LogP) is -0.285. The fraction of sp³-hybridized carbons (Fsp3) is 0.500. The van der Waals surface area contributed by atoms with Crippen molar-refractivity contribution in [3.05, 3.63) is 29.8 Å². The van der Waals surface area contributed by atoms with Crippen LogP contribution in [0.1, 0.15) is 11.7 Å². The van der Waals surface area contributed by atoms with Crippen molar-refractivity contribution in [1.82, 2.24) is 20.1 Å². The number of fused-ring (bicyclic) bond motifs is 1. The number of nitrogens with one attached hydrogen (secondary N) is 1. The second-order valence-corrected chi connectivity index (χ2v) is 7.59. The Morgan fingerprint density at radius 3 is 2.50 bits per heavy atom. The van der Waals surface area contributed by atoms with E-state index in [1.165, 1.54) is 0 Å². The molecule has 1 aromatic carbocycles. The van der Waals surface area contributed by atoms with Gasteiger partial charge in [0.1, 0.15) is 5.75 Å². The van der Waals surface area contributed by atoms with Crippen LogP contribution in [0, 0.1) is 0 Å². The summed E-state index contributed by atoms with van der Waals surface area (Å²) in [4.78, 5) is 26.8. The van der Waals surface area contributed by atoms with Crippen molar-refractivity contribution in [1.29, 1.82) is 0 Å². The molecule has 170 valence electrons. The van der Waals surface area contributed by atoms with Gasteiger partial charge in [0.15, 0.2) is 12.8 Å². The number of rotatable bonds is 4. The summed E-state index contributed by atoms with van der Waals surface area (Å²) in [7, 11) is 0. The molecule has 1 atom stereocenters.